The zero-order valence-electron chi connectivity index (χ0n) is 13.6. The monoisotopic (exact) mass is 329 g/mol. The lowest BCUT2D eigenvalue weighted by Gasteiger charge is -2.09. The summed E-state index contributed by atoms with van der Waals surface area (Å²) in [6, 6.07) is 13.5. The zero-order valence-corrected chi connectivity index (χ0v) is 13.6. The Labute approximate surface area is 140 Å². The first-order valence-corrected chi connectivity index (χ1v) is 7.46. The number of hydrogen-bond acceptors (Lipinski definition) is 5. The third-order valence-electron chi connectivity index (χ3n) is 3.09. The molecule has 2 rings (SSSR count). The number of ether oxygens (including phenoxy) is 3. The quantitative estimate of drug-likeness (QED) is 0.791. The fourth-order valence-electron chi connectivity index (χ4n) is 1.96. The van der Waals surface area contributed by atoms with Gasteiger partial charge in [-0.15, -0.1) is 0 Å². The third kappa shape index (κ3) is 5.01. The van der Waals surface area contributed by atoms with Crippen LogP contribution < -0.4 is 14.8 Å². The fourth-order valence-corrected chi connectivity index (χ4v) is 1.96. The lowest BCUT2D eigenvalue weighted by atomic mass is 10.2. The summed E-state index contributed by atoms with van der Waals surface area (Å²) in [5.41, 5.74) is 0.884. The molecule has 2 aromatic carbocycles. The van der Waals surface area contributed by atoms with Crippen LogP contribution in [0.4, 0.5) is 5.69 Å². The van der Waals surface area contributed by atoms with E-state index in [9.17, 15) is 9.59 Å². The first kappa shape index (κ1) is 17.3. The molecule has 0 saturated carbocycles. The Morgan fingerprint density at radius 2 is 1.75 bits per heavy atom. The zero-order chi connectivity index (χ0) is 17.4. The second kappa shape index (κ2) is 8.57. The molecule has 0 aromatic heterocycles. The molecular weight excluding hydrogens is 310 g/mol. The first-order chi connectivity index (χ1) is 11.6. The van der Waals surface area contributed by atoms with Crippen molar-refractivity contribution < 1.29 is 23.8 Å². The van der Waals surface area contributed by atoms with Crippen LogP contribution in [-0.2, 0) is 9.53 Å². The van der Waals surface area contributed by atoms with Crippen molar-refractivity contribution in [2.75, 3.05) is 25.6 Å². The summed E-state index contributed by atoms with van der Waals surface area (Å²) < 4.78 is 15.4. The standard InChI is InChI=1S/C18H19NO5/c1-3-23-18(21)13-5-4-6-14(11-13)19-17(20)12-24-16-9-7-15(22-2)8-10-16/h4-11H,3,12H2,1-2H3,(H,19,20). The maximum Gasteiger partial charge on any atom is 0.338 e. The van der Waals surface area contributed by atoms with E-state index in [1.807, 2.05) is 0 Å². The van der Waals surface area contributed by atoms with Crippen LogP contribution in [0.5, 0.6) is 11.5 Å². The summed E-state index contributed by atoms with van der Waals surface area (Å²) in [6.45, 7) is 1.89. The molecule has 0 aliphatic heterocycles. The molecule has 0 aliphatic carbocycles. The minimum Gasteiger partial charge on any atom is -0.497 e. The smallest absolute Gasteiger partial charge is 0.338 e. The van der Waals surface area contributed by atoms with Gasteiger partial charge in [0, 0.05) is 5.69 Å². The van der Waals surface area contributed by atoms with E-state index >= 15 is 0 Å². The second-order valence-electron chi connectivity index (χ2n) is 4.81. The molecule has 126 valence electrons. The predicted molar refractivity (Wildman–Crippen MR) is 89.5 cm³/mol. The Morgan fingerprint density at radius 3 is 2.42 bits per heavy atom. The van der Waals surface area contributed by atoms with Crippen LogP contribution in [0.25, 0.3) is 0 Å². The summed E-state index contributed by atoms with van der Waals surface area (Å²) >= 11 is 0. The largest absolute Gasteiger partial charge is 0.497 e. The summed E-state index contributed by atoms with van der Waals surface area (Å²) in [5.74, 6) is 0.517. The number of carbonyl (C=O) groups excluding carboxylic acids is 2. The van der Waals surface area contributed by atoms with E-state index in [-0.39, 0.29) is 12.5 Å². The predicted octanol–water partition coefficient (Wildman–Crippen LogP) is 2.89. The number of rotatable bonds is 7. The van der Waals surface area contributed by atoms with Gasteiger partial charge in [-0.1, -0.05) is 6.07 Å². The van der Waals surface area contributed by atoms with Gasteiger partial charge in [-0.05, 0) is 49.4 Å². The van der Waals surface area contributed by atoms with Gasteiger partial charge in [0.2, 0.25) is 0 Å². The van der Waals surface area contributed by atoms with Gasteiger partial charge in [-0.3, -0.25) is 4.79 Å². The molecule has 0 unspecified atom stereocenters. The molecule has 0 spiro atoms. The van der Waals surface area contributed by atoms with Crippen LogP contribution in [0.2, 0.25) is 0 Å². The van der Waals surface area contributed by atoms with Gasteiger partial charge in [-0.25, -0.2) is 4.79 Å². The molecule has 24 heavy (non-hydrogen) atoms. The Bertz CT molecular complexity index is 697. The lowest BCUT2D eigenvalue weighted by Crippen LogP contribution is -2.20. The van der Waals surface area contributed by atoms with Crippen molar-refractivity contribution in [1.29, 1.82) is 0 Å². The SMILES string of the molecule is CCOC(=O)c1cccc(NC(=O)COc2ccc(OC)cc2)c1. The number of benzene rings is 2. The molecule has 1 N–H and O–H groups in total. The van der Waals surface area contributed by atoms with Crippen molar-refractivity contribution >= 4 is 17.6 Å². The van der Waals surface area contributed by atoms with E-state index < -0.39 is 5.97 Å². The van der Waals surface area contributed by atoms with Crippen LogP contribution in [0.3, 0.4) is 0 Å². The first-order valence-electron chi connectivity index (χ1n) is 7.46. The van der Waals surface area contributed by atoms with E-state index in [2.05, 4.69) is 5.32 Å². The van der Waals surface area contributed by atoms with Gasteiger partial charge in [0.05, 0.1) is 19.3 Å². The van der Waals surface area contributed by atoms with Crippen LogP contribution in [0, 0.1) is 0 Å². The molecule has 1 amide bonds. The van der Waals surface area contributed by atoms with Gasteiger partial charge >= 0.3 is 5.97 Å². The molecule has 0 radical (unpaired) electrons. The van der Waals surface area contributed by atoms with E-state index in [0.717, 1.165) is 0 Å². The minimum absolute atomic E-state index is 0.143. The number of nitrogens with one attached hydrogen (secondary N) is 1. The Balaban J connectivity index is 1.89. The Hall–Kier alpha value is -3.02. The number of methoxy groups -OCH3 is 1. The number of anilines is 1. The number of amides is 1. The minimum atomic E-state index is -0.428. The molecule has 0 heterocycles. The van der Waals surface area contributed by atoms with E-state index in [0.29, 0.717) is 29.4 Å². The molecule has 0 fully saturated rings. The highest BCUT2D eigenvalue weighted by Crippen LogP contribution is 2.17. The highest BCUT2D eigenvalue weighted by molar-refractivity contribution is 5.95. The molecular formula is C18H19NO5. The van der Waals surface area contributed by atoms with E-state index in [1.165, 1.54) is 0 Å². The van der Waals surface area contributed by atoms with E-state index in [1.54, 1.807) is 62.6 Å². The summed E-state index contributed by atoms with van der Waals surface area (Å²) in [7, 11) is 1.58. The fraction of sp³-hybridized carbons (Fsp3) is 0.222. The topological polar surface area (TPSA) is 73.9 Å². The second-order valence-corrected chi connectivity index (χ2v) is 4.81. The van der Waals surface area contributed by atoms with Crippen LogP contribution in [0.15, 0.2) is 48.5 Å². The number of carbonyl (C=O) groups is 2. The van der Waals surface area contributed by atoms with Gasteiger partial charge in [0.25, 0.3) is 5.91 Å². The normalized spacial score (nSPS) is 9.92. The van der Waals surface area contributed by atoms with Crippen molar-refractivity contribution in [3.8, 4) is 11.5 Å². The summed E-state index contributed by atoms with van der Waals surface area (Å²) in [5, 5.41) is 2.68. The summed E-state index contributed by atoms with van der Waals surface area (Å²) in [4.78, 5) is 23.6. The maximum atomic E-state index is 11.9. The van der Waals surface area contributed by atoms with Gasteiger partial charge in [0.15, 0.2) is 6.61 Å². The van der Waals surface area contributed by atoms with Crippen LogP contribution in [0.1, 0.15) is 17.3 Å². The molecule has 0 aliphatic rings. The van der Waals surface area contributed by atoms with Crippen molar-refractivity contribution in [3.05, 3.63) is 54.1 Å². The van der Waals surface area contributed by atoms with Crippen molar-refractivity contribution in [2.24, 2.45) is 0 Å². The van der Waals surface area contributed by atoms with Gasteiger partial charge < -0.3 is 19.5 Å². The molecule has 6 nitrogen and oxygen atoms in total. The Morgan fingerprint density at radius 1 is 1.04 bits per heavy atom. The molecule has 2 aromatic rings. The highest BCUT2D eigenvalue weighted by Gasteiger charge is 2.09. The molecule has 0 saturated heterocycles. The Kier molecular flexibility index (Phi) is 6.19. The molecule has 6 heteroatoms. The highest BCUT2D eigenvalue weighted by atomic mass is 16.5. The van der Waals surface area contributed by atoms with Crippen molar-refractivity contribution in [1.82, 2.24) is 0 Å². The van der Waals surface area contributed by atoms with Gasteiger partial charge in [-0.2, -0.15) is 0 Å². The number of esters is 1. The lowest BCUT2D eigenvalue weighted by molar-refractivity contribution is -0.118. The van der Waals surface area contributed by atoms with Crippen molar-refractivity contribution in [3.63, 3.8) is 0 Å². The van der Waals surface area contributed by atoms with Crippen molar-refractivity contribution in [2.45, 2.75) is 6.92 Å². The van der Waals surface area contributed by atoms with E-state index in [4.69, 9.17) is 14.2 Å². The molecule has 0 atom stereocenters. The van der Waals surface area contributed by atoms with Crippen LogP contribution in [-0.4, -0.2) is 32.2 Å². The third-order valence-corrected chi connectivity index (χ3v) is 3.09. The molecule has 0 bridgehead atoms. The average molecular weight is 329 g/mol. The summed E-state index contributed by atoms with van der Waals surface area (Å²) in [6.07, 6.45) is 0. The number of hydrogen-bond donors (Lipinski definition) is 1. The van der Waals surface area contributed by atoms with Gasteiger partial charge in [0.1, 0.15) is 11.5 Å². The van der Waals surface area contributed by atoms with Crippen LogP contribution >= 0.6 is 0 Å². The maximum absolute atomic E-state index is 11.9. The average Bonchev–Trinajstić information content (AvgIpc) is 2.61.